The molecular weight excluding hydrogens is 286 g/mol. The van der Waals surface area contributed by atoms with E-state index >= 15 is 0 Å². The summed E-state index contributed by atoms with van der Waals surface area (Å²) in [5, 5.41) is 11.9. The molecule has 6 heteroatoms. The quantitative estimate of drug-likeness (QED) is 0.577. The maximum absolute atomic E-state index is 12.6. The van der Waals surface area contributed by atoms with Gasteiger partial charge < -0.3 is 9.53 Å². The topological polar surface area (TPSA) is 59.0 Å². The normalized spacial score (nSPS) is 18.2. The standard InChI is InChI=1S/C15H33NO4Si/c1-11(10-14(2,3)4)12(17)15(5,20-21(8)9)13(18)16(6)19-7/h11-12,17,21H,10H2,1-9H3. The van der Waals surface area contributed by atoms with Gasteiger partial charge in [0, 0.05) is 7.05 Å². The molecule has 0 fully saturated rings. The monoisotopic (exact) mass is 319 g/mol. The number of carbonyl (C=O) groups is 1. The van der Waals surface area contributed by atoms with Crippen LogP contribution in [0.25, 0.3) is 0 Å². The minimum absolute atomic E-state index is 0.0584. The Morgan fingerprint density at radius 2 is 1.76 bits per heavy atom. The maximum atomic E-state index is 12.6. The van der Waals surface area contributed by atoms with Crippen molar-refractivity contribution in [3.05, 3.63) is 0 Å². The Labute approximate surface area is 131 Å². The molecule has 0 aliphatic carbocycles. The second-order valence-electron chi connectivity index (χ2n) is 7.45. The van der Waals surface area contributed by atoms with Crippen LogP contribution in [0.4, 0.5) is 0 Å². The first-order chi connectivity index (χ1) is 9.35. The van der Waals surface area contributed by atoms with Crippen LogP contribution in [0, 0.1) is 11.3 Å². The molecule has 0 radical (unpaired) electrons. The average Bonchev–Trinajstić information content (AvgIpc) is 2.32. The largest absolute Gasteiger partial charge is 0.405 e. The summed E-state index contributed by atoms with van der Waals surface area (Å²) in [6.07, 6.45) is -0.0757. The second-order valence-corrected chi connectivity index (χ2v) is 9.78. The highest BCUT2D eigenvalue weighted by Gasteiger charge is 2.47. The van der Waals surface area contributed by atoms with Crippen molar-refractivity contribution in [2.24, 2.45) is 11.3 Å². The van der Waals surface area contributed by atoms with Gasteiger partial charge in [-0.2, -0.15) is 0 Å². The fourth-order valence-electron chi connectivity index (χ4n) is 2.75. The lowest BCUT2D eigenvalue weighted by Gasteiger charge is -2.40. The highest BCUT2D eigenvalue weighted by atomic mass is 28.3. The predicted octanol–water partition coefficient (Wildman–Crippen LogP) is 2.20. The molecule has 0 bridgehead atoms. The molecule has 0 aromatic carbocycles. The number of rotatable bonds is 7. The van der Waals surface area contributed by atoms with Gasteiger partial charge in [0.25, 0.3) is 5.91 Å². The molecule has 126 valence electrons. The minimum atomic E-state index is -1.52. The van der Waals surface area contributed by atoms with Gasteiger partial charge in [-0.1, -0.05) is 27.7 Å². The third-order valence-corrected chi connectivity index (χ3v) is 4.46. The van der Waals surface area contributed by atoms with Crippen molar-refractivity contribution in [1.29, 1.82) is 0 Å². The Kier molecular flexibility index (Phi) is 7.56. The first-order valence-electron chi connectivity index (χ1n) is 7.53. The lowest BCUT2D eigenvalue weighted by Crippen LogP contribution is -2.58. The van der Waals surface area contributed by atoms with Gasteiger partial charge in [0.15, 0.2) is 14.6 Å². The summed E-state index contributed by atoms with van der Waals surface area (Å²) in [5.74, 6) is -0.406. The van der Waals surface area contributed by atoms with Crippen LogP contribution >= 0.6 is 0 Å². The van der Waals surface area contributed by atoms with Crippen molar-refractivity contribution in [3.8, 4) is 0 Å². The van der Waals surface area contributed by atoms with Crippen molar-refractivity contribution in [3.63, 3.8) is 0 Å². The first kappa shape index (κ1) is 20.6. The minimum Gasteiger partial charge on any atom is -0.405 e. The predicted molar refractivity (Wildman–Crippen MR) is 87.4 cm³/mol. The Morgan fingerprint density at radius 1 is 1.29 bits per heavy atom. The van der Waals surface area contributed by atoms with Crippen LogP contribution in [0.1, 0.15) is 41.0 Å². The molecule has 0 aromatic rings. The van der Waals surface area contributed by atoms with E-state index in [1.54, 1.807) is 6.92 Å². The van der Waals surface area contributed by atoms with E-state index in [0.717, 1.165) is 11.5 Å². The maximum Gasteiger partial charge on any atom is 0.279 e. The Hall–Kier alpha value is -0.433. The van der Waals surface area contributed by atoms with Crippen molar-refractivity contribution in [2.75, 3.05) is 14.2 Å². The third-order valence-electron chi connectivity index (χ3n) is 3.50. The molecule has 1 amide bonds. The molecule has 0 saturated heterocycles. The summed E-state index contributed by atoms with van der Waals surface area (Å²) < 4.78 is 5.94. The Morgan fingerprint density at radius 3 is 2.10 bits per heavy atom. The molecule has 1 N–H and O–H groups in total. The number of hydrogen-bond acceptors (Lipinski definition) is 4. The molecule has 21 heavy (non-hydrogen) atoms. The van der Waals surface area contributed by atoms with E-state index in [9.17, 15) is 9.90 Å². The van der Waals surface area contributed by atoms with Crippen LogP contribution in [-0.4, -0.2) is 51.0 Å². The summed E-state index contributed by atoms with van der Waals surface area (Å²) in [6.45, 7) is 14.0. The highest BCUT2D eigenvalue weighted by molar-refractivity contribution is 6.48. The summed E-state index contributed by atoms with van der Waals surface area (Å²) in [5.41, 5.74) is -1.19. The van der Waals surface area contributed by atoms with Crippen molar-refractivity contribution < 1.29 is 19.2 Å². The van der Waals surface area contributed by atoms with E-state index in [4.69, 9.17) is 9.26 Å². The molecule has 3 unspecified atom stereocenters. The number of hydroxylamine groups is 2. The number of likely N-dealkylation sites (N-methyl/N-ethyl adjacent to an activating group) is 1. The van der Waals surface area contributed by atoms with Crippen molar-refractivity contribution >= 4 is 14.9 Å². The number of nitrogens with zero attached hydrogens (tertiary/aromatic N) is 1. The smallest absolute Gasteiger partial charge is 0.279 e. The van der Waals surface area contributed by atoms with E-state index in [1.807, 2.05) is 20.0 Å². The van der Waals surface area contributed by atoms with Gasteiger partial charge in [0.1, 0.15) is 0 Å². The summed E-state index contributed by atoms with van der Waals surface area (Å²) in [7, 11) is 1.44. The van der Waals surface area contributed by atoms with Gasteiger partial charge in [-0.25, -0.2) is 5.06 Å². The van der Waals surface area contributed by atoms with Crippen LogP contribution < -0.4 is 0 Å². The van der Waals surface area contributed by atoms with Crippen LogP contribution in [0.5, 0.6) is 0 Å². The zero-order valence-corrected chi connectivity index (χ0v) is 16.2. The number of aliphatic hydroxyl groups is 1. The van der Waals surface area contributed by atoms with Crippen LogP contribution in [0.2, 0.25) is 13.1 Å². The fraction of sp³-hybridized carbons (Fsp3) is 0.933. The van der Waals surface area contributed by atoms with Crippen molar-refractivity contribution in [1.82, 2.24) is 5.06 Å². The van der Waals surface area contributed by atoms with E-state index < -0.39 is 20.7 Å². The van der Waals surface area contributed by atoms with Gasteiger partial charge >= 0.3 is 0 Å². The summed E-state index contributed by atoms with van der Waals surface area (Å²) in [6, 6.07) is 0. The molecular formula is C15H33NO4Si. The number of hydrogen-bond donors (Lipinski definition) is 1. The van der Waals surface area contributed by atoms with Crippen LogP contribution in [-0.2, 0) is 14.1 Å². The van der Waals surface area contributed by atoms with Gasteiger partial charge in [-0.15, -0.1) is 0 Å². The first-order valence-corrected chi connectivity index (χ1v) is 10.3. The number of carbonyl (C=O) groups excluding carboxylic acids is 1. The van der Waals surface area contributed by atoms with Gasteiger partial charge in [-0.3, -0.25) is 9.63 Å². The molecule has 0 aliphatic heterocycles. The fourth-order valence-corrected chi connectivity index (χ4v) is 3.97. The molecule has 0 aliphatic rings. The van der Waals surface area contributed by atoms with E-state index in [0.29, 0.717) is 0 Å². The molecule has 5 nitrogen and oxygen atoms in total. The van der Waals surface area contributed by atoms with Gasteiger partial charge in [0.2, 0.25) is 0 Å². The van der Waals surface area contributed by atoms with E-state index in [2.05, 4.69) is 20.8 Å². The molecule has 0 rings (SSSR count). The molecule has 3 atom stereocenters. The average molecular weight is 320 g/mol. The van der Waals surface area contributed by atoms with Crippen molar-refractivity contribution in [2.45, 2.75) is 65.8 Å². The summed E-state index contributed by atoms with van der Waals surface area (Å²) in [4.78, 5) is 17.6. The Bertz CT molecular complexity index is 343. The van der Waals surface area contributed by atoms with Crippen LogP contribution in [0.3, 0.4) is 0 Å². The lowest BCUT2D eigenvalue weighted by atomic mass is 9.78. The molecule has 0 saturated carbocycles. The molecule has 0 spiro atoms. The molecule has 0 aromatic heterocycles. The SMILES string of the molecule is CON(C)C(=O)C(C)(O[SiH](C)C)C(O)C(C)CC(C)(C)C. The second kappa shape index (κ2) is 7.72. The number of aliphatic hydroxyl groups excluding tert-OH is 1. The zero-order chi connectivity index (χ0) is 17.0. The molecule has 0 heterocycles. The third kappa shape index (κ3) is 6.06. The zero-order valence-electron chi connectivity index (χ0n) is 15.1. The van der Waals surface area contributed by atoms with Crippen LogP contribution in [0.15, 0.2) is 0 Å². The lowest BCUT2D eigenvalue weighted by molar-refractivity contribution is -0.196. The Balaban J connectivity index is 5.34. The number of amides is 1. The van der Waals surface area contributed by atoms with E-state index in [-0.39, 0.29) is 17.2 Å². The highest BCUT2D eigenvalue weighted by Crippen LogP contribution is 2.32. The van der Waals surface area contributed by atoms with E-state index in [1.165, 1.54) is 14.2 Å². The van der Waals surface area contributed by atoms with Gasteiger partial charge in [-0.05, 0) is 37.8 Å². The summed E-state index contributed by atoms with van der Waals surface area (Å²) >= 11 is 0. The van der Waals surface area contributed by atoms with Gasteiger partial charge in [0.05, 0.1) is 13.2 Å².